The van der Waals surface area contributed by atoms with Crippen molar-refractivity contribution >= 4 is 11.6 Å². The molecule has 124 valence electrons. The van der Waals surface area contributed by atoms with Crippen molar-refractivity contribution in [1.29, 1.82) is 0 Å². The van der Waals surface area contributed by atoms with Gasteiger partial charge in [-0.15, -0.1) is 0 Å². The molecule has 0 fully saturated rings. The Hall–Kier alpha value is -1.51. The molecule has 0 radical (unpaired) electrons. The molecule has 1 amide bonds. The van der Waals surface area contributed by atoms with Crippen LogP contribution < -0.4 is 5.32 Å². The molecule has 0 saturated heterocycles. The molecule has 3 heteroatoms. The van der Waals surface area contributed by atoms with Gasteiger partial charge in [0, 0.05) is 11.0 Å². The van der Waals surface area contributed by atoms with Crippen LogP contribution in [-0.4, -0.2) is 11.0 Å². The third-order valence-electron chi connectivity index (χ3n) is 3.71. The number of carbonyl (C=O) groups excluding carboxylic acids is 1. The topological polar surface area (TPSA) is 49.3 Å². The van der Waals surface area contributed by atoms with Crippen LogP contribution in [-0.2, 0) is 15.6 Å². The van der Waals surface area contributed by atoms with E-state index >= 15 is 0 Å². The molecule has 0 aliphatic heterocycles. The molecule has 0 aliphatic carbocycles. The summed E-state index contributed by atoms with van der Waals surface area (Å²) < 4.78 is 0. The summed E-state index contributed by atoms with van der Waals surface area (Å²) in [5.74, 6) is 0.0619. The fourth-order valence-electron chi connectivity index (χ4n) is 2.04. The van der Waals surface area contributed by atoms with Gasteiger partial charge in [-0.3, -0.25) is 4.79 Å². The van der Waals surface area contributed by atoms with Gasteiger partial charge in [-0.1, -0.05) is 68.4 Å². The van der Waals surface area contributed by atoms with Crippen molar-refractivity contribution in [2.24, 2.45) is 5.41 Å². The molecule has 0 saturated carbocycles. The largest absolute Gasteiger partial charge is 0.505 e. The molecule has 0 spiro atoms. The van der Waals surface area contributed by atoms with Crippen LogP contribution in [0.1, 0.15) is 73.4 Å². The van der Waals surface area contributed by atoms with E-state index in [1.54, 1.807) is 0 Å². The first-order valence-corrected chi connectivity index (χ1v) is 7.83. The van der Waals surface area contributed by atoms with Crippen LogP contribution >= 0.6 is 0 Å². The summed E-state index contributed by atoms with van der Waals surface area (Å²) >= 11 is 0. The van der Waals surface area contributed by atoms with E-state index in [0.717, 1.165) is 11.1 Å². The minimum atomic E-state index is -0.508. The van der Waals surface area contributed by atoms with E-state index in [1.165, 1.54) is 0 Å². The smallest absolute Gasteiger partial charge is 0.229 e. The summed E-state index contributed by atoms with van der Waals surface area (Å²) in [6.45, 7) is 18.1. The van der Waals surface area contributed by atoms with Crippen LogP contribution in [0.3, 0.4) is 0 Å². The number of phenols is 1. The average Bonchev–Trinajstić information content (AvgIpc) is 2.27. The van der Waals surface area contributed by atoms with Crippen LogP contribution in [0.2, 0.25) is 0 Å². The van der Waals surface area contributed by atoms with Gasteiger partial charge in [0.25, 0.3) is 0 Å². The molecular weight excluding hydrogens is 274 g/mol. The van der Waals surface area contributed by atoms with Crippen LogP contribution in [0.4, 0.5) is 5.69 Å². The first kappa shape index (κ1) is 18.5. The van der Waals surface area contributed by atoms with Gasteiger partial charge in [0.1, 0.15) is 5.75 Å². The highest BCUT2D eigenvalue weighted by Crippen LogP contribution is 2.40. The van der Waals surface area contributed by atoms with Gasteiger partial charge in [0.15, 0.2) is 0 Å². The predicted octanol–water partition coefficient (Wildman–Crippen LogP) is 4.97. The average molecular weight is 305 g/mol. The van der Waals surface area contributed by atoms with E-state index in [4.69, 9.17) is 0 Å². The Kier molecular flexibility index (Phi) is 4.72. The monoisotopic (exact) mass is 305 g/mol. The quantitative estimate of drug-likeness (QED) is 0.719. The Labute approximate surface area is 135 Å². The number of aromatic hydroxyl groups is 1. The van der Waals surface area contributed by atoms with Gasteiger partial charge in [-0.2, -0.15) is 0 Å². The zero-order valence-electron chi connectivity index (χ0n) is 15.5. The molecule has 2 N–H and O–H groups in total. The second-order valence-corrected chi connectivity index (χ2v) is 9.12. The number of hydrogen-bond acceptors (Lipinski definition) is 2. The second-order valence-electron chi connectivity index (χ2n) is 9.12. The number of benzene rings is 1. The first-order chi connectivity index (χ1) is 9.64. The van der Waals surface area contributed by atoms with Crippen molar-refractivity contribution < 1.29 is 9.90 Å². The molecular formula is C19H31NO2. The maximum absolute atomic E-state index is 12.3. The summed E-state index contributed by atoms with van der Waals surface area (Å²) in [5.41, 5.74) is 1.67. The maximum atomic E-state index is 12.3. The standard InChI is InChI=1S/C19H31NO2/c1-17(2,3)12-10-13(18(4,5)6)15(21)14(11-12)20-16(22)19(7,8)9/h10-11,21H,1-9H3,(H,20,22). The number of nitrogens with one attached hydrogen (secondary N) is 1. The molecule has 0 heterocycles. The lowest BCUT2D eigenvalue weighted by Crippen LogP contribution is -2.28. The van der Waals surface area contributed by atoms with Crippen LogP contribution in [0.5, 0.6) is 5.75 Å². The van der Waals surface area contributed by atoms with Crippen molar-refractivity contribution in [2.75, 3.05) is 5.32 Å². The van der Waals surface area contributed by atoms with E-state index in [2.05, 4.69) is 46.9 Å². The van der Waals surface area contributed by atoms with Gasteiger partial charge in [0.2, 0.25) is 5.91 Å². The maximum Gasteiger partial charge on any atom is 0.229 e. The lowest BCUT2D eigenvalue weighted by atomic mass is 9.79. The summed E-state index contributed by atoms with van der Waals surface area (Å²) in [5, 5.41) is 13.5. The summed E-state index contributed by atoms with van der Waals surface area (Å²) in [4.78, 5) is 12.3. The molecule has 0 unspecified atom stereocenters. The van der Waals surface area contributed by atoms with Crippen molar-refractivity contribution in [3.63, 3.8) is 0 Å². The minimum absolute atomic E-state index is 0.0606. The highest BCUT2D eigenvalue weighted by atomic mass is 16.3. The highest BCUT2D eigenvalue weighted by Gasteiger charge is 2.27. The second kappa shape index (κ2) is 5.60. The predicted molar refractivity (Wildman–Crippen MR) is 93.6 cm³/mol. The van der Waals surface area contributed by atoms with Crippen LogP contribution in [0.25, 0.3) is 0 Å². The molecule has 1 aromatic carbocycles. The van der Waals surface area contributed by atoms with Crippen molar-refractivity contribution in [3.05, 3.63) is 23.3 Å². The molecule has 0 bridgehead atoms. The lowest BCUT2D eigenvalue weighted by Gasteiger charge is -2.28. The van der Waals surface area contributed by atoms with E-state index in [0.29, 0.717) is 5.69 Å². The van der Waals surface area contributed by atoms with Gasteiger partial charge < -0.3 is 10.4 Å². The Morgan fingerprint density at radius 2 is 1.41 bits per heavy atom. The number of anilines is 1. The zero-order valence-corrected chi connectivity index (χ0v) is 15.5. The Morgan fingerprint density at radius 3 is 1.77 bits per heavy atom. The van der Waals surface area contributed by atoms with Crippen molar-refractivity contribution in [3.8, 4) is 5.75 Å². The molecule has 1 rings (SSSR count). The fourth-order valence-corrected chi connectivity index (χ4v) is 2.04. The molecule has 0 atom stereocenters. The Bertz CT molecular complexity index is 567. The normalized spacial score (nSPS) is 13.1. The lowest BCUT2D eigenvalue weighted by molar-refractivity contribution is -0.123. The number of amides is 1. The third kappa shape index (κ3) is 4.25. The molecule has 22 heavy (non-hydrogen) atoms. The molecule has 0 aromatic heterocycles. The van der Waals surface area contributed by atoms with E-state index < -0.39 is 5.41 Å². The van der Waals surface area contributed by atoms with Gasteiger partial charge in [0.05, 0.1) is 5.69 Å². The van der Waals surface area contributed by atoms with Crippen molar-refractivity contribution in [2.45, 2.75) is 73.1 Å². The van der Waals surface area contributed by atoms with Gasteiger partial charge in [-0.05, 0) is 22.5 Å². The third-order valence-corrected chi connectivity index (χ3v) is 3.71. The number of phenolic OH excluding ortho intramolecular Hbond substituents is 1. The number of hydrogen-bond donors (Lipinski definition) is 2. The Balaban J connectivity index is 3.47. The van der Waals surface area contributed by atoms with E-state index in [-0.39, 0.29) is 22.5 Å². The van der Waals surface area contributed by atoms with Crippen LogP contribution in [0, 0.1) is 5.41 Å². The first-order valence-electron chi connectivity index (χ1n) is 7.83. The molecule has 1 aromatic rings. The van der Waals surface area contributed by atoms with Gasteiger partial charge >= 0.3 is 0 Å². The zero-order chi connectivity index (χ0) is 17.5. The van der Waals surface area contributed by atoms with E-state index in [9.17, 15) is 9.90 Å². The number of rotatable bonds is 1. The fraction of sp³-hybridized carbons (Fsp3) is 0.632. The number of carbonyl (C=O) groups is 1. The summed E-state index contributed by atoms with van der Waals surface area (Å²) in [7, 11) is 0. The van der Waals surface area contributed by atoms with E-state index in [1.807, 2.05) is 32.9 Å². The van der Waals surface area contributed by atoms with Crippen molar-refractivity contribution in [1.82, 2.24) is 0 Å². The van der Waals surface area contributed by atoms with Gasteiger partial charge in [-0.25, -0.2) is 0 Å². The molecule has 3 nitrogen and oxygen atoms in total. The minimum Gasteiger partial charge on any atom is -0.505 e. The SMILES string of the molecule is CC(C)(C)C(=O)Nc1cc(C(C)(C)C)cc(C(C)(C)C)c1O. The summed E-state index contributed by atoms with van der Waals surface area (Å²) in [6.07, 6.45) is 0. The Morgan fingerprint density at radius 1 is 0.909 bits per heavy atom. The summed E-state index contributed by atoms with van der Waals surface area (Å²) in [6, 6.07) is 3.93. The van der Waals surface area contributed by atoms with Crippen LogP contribution in [0.15, 0.2) is 12.1 Å². The molecule has 0 aliphatic rings. The highest BCUT2D eigenvalue weighted by molar-refractivity contribution is 5.96.